The van der Waals surface area contributed by atoms with Crippen molar-refractivity contribution in [2.24, 2.45) is 11.8 Å². The van der Waals surface area contributed by atoms with Crippen LogP contribution in [0.25, 0.3) is 0 Å². The van der Waals surface area contributed by atoms with Gasteiger partial charge in [-0.05, 0) is 37.3 Å². The number of rotatable bonds is 8. The molecule has 0 saturated heterocycles. The third-order valence-electron chi connectivity index (χ3n) is 2.66. The number of carbonyl (C=O) groups is 2. The molecule has 4 heteroatoms. The second-order valence-corrected chi connectivity index (χ2v) is 4.17. The highest BCUT2D eigenvalue weighted by molar-refractivity contribution is 6.63. The maximum Gasteiger partial charge on any atom is 0.306 e. The van der Waals surface area contributed by atoms with E-state index in [1.165, 1.54) is 0 Å². The van der Waals surface area contributed by atoms with E-state index in [9.17, 15) is 9.59 Å². The Bertz CT molecular complexity index is 235. The molecular formula is C12H19ClO3. The molecule has 0 rings (SSSR count). The minimum atomic E-state index is -0.771. The van der Waals surface area contributed by atoms with Crippen LogP contribution in [0.3, 0.4) is 0 Å². The lowest BCUT2D eigenvalue weighted by atomic mass is 10.00. The molecule has 0 aromatic rings. The highest BCUT2D eigenvalue weighted by atomic mass is 35.5. The molecule has 0 fully saturated rings. The molecule has 0 aliphatic carbocycles. The van der Waals surface area contributed by atoms with Crippen LogP contribution in [0.2, 0.25) is 0 Å². The van der Waals surface area contributed by atoms with E-state index in [1.807, 2.05) is 26.0 Å². The molecule has 0 aliphatic rings. The summed E-state index contributed by atoms with van der Waals surface area (Å²) >= 11 is 5.40. The third-order valence-corrected chi connectivity index (χ3v) is 2.97. The Morgan fingerprint density at radius 2 is 1.56 bits per heavy atom. The molecule has 2 atom stereocenters. The molecular weight excluding hydrogens is 228 g/mol. The first kappa shape index (κ1) is 15.2. The van der Waals surface area contributed by atoms with Crippen LogP contribution >= 0.6 is 11.6 Å². The molecule has 0 aromatic heterocycles. The molecule has 0 heterocycles. The molecule has 92 valence electrons. The SMILES string of the molecule is CCC(CC=CCC(CC)C(=O)Cl)C(=O)O. The van der Waals surface area contributed by atoms with Crippen molar-refractivity contribution in [1.82, 2.24) is 0 Å². The molecule has 3 nitrogen and oxygen atoms in total. The summed E-state index contributed by atoms with van der Waals surface area (Å²) in [7, 11) is 0. The van der Waals surface area contributed by atoms with Gasteiger partial charge in [-0.2, -0.15) is 0 Å². The summed E-state index contributed by atoms with van der Waals surface area (Å²) in [6.07, 6.45) is 6.10. The van der Waals surface area contributed by atoms with Crippen LogP contribution in [0, 0.1) is 11.8 Å². The first-order valence-corrected chi connectivity index (χ1v) is 5.97. The van der Waals surface area contributed by atoms with Gasteiger partial charge in [-0.3, -0.25) is 9.59 Å². The van der Waals surface area contributed by atoms with Crippen LogP contribution in [0.1, 0.15) is 39.5 Å². The van der Waals surface area contributed by atoms with Crippen molar-refractivity contribution in [3.63, 3.8) is 0 Å². The summed E-state index contributed by atoms with van der Waals surface area (Å²) in [5, 5.41) is 8.49. The number of carboxylic acid groups (broad SMARTS) is 1. The van der Waals surface area contributed by atoms with E-state index in [0.29, 0.717) is 25.7 Å². The third kappa shape index (κ3) is 5.91. The Morgan fingerprint density at radius 3 is 1.88 bits per heavy atom. The molecule has 0 radical (unpaired) electrons. The van der Waals surface area contributed by atoms with Gasteiger partial charge in [0.05, 0.1) is 5.92 Å². The fraction of sp³-hybridized carbons (Fsp3) is 0.667. The van der Waals surface area contributed by atoms with Gasteiger partial charge < -0.3 is 5.11 Å². The topological polar surface area (TPSA) is 54.4 Å². The zero-order chi connectivity index (χ0) is 12.6. The predicted molar refractivity (Wildman–Crippen MR) is 64.4 cm³/mol. The number of halogens is 1. The van der Waals surface area contributed by atoms with Gasteiger partial charge in [-0.15, -0.1) is 0 Å². The highest BCUT2D eigenvalue weighted by Gasteiger charge is 2.13. The average molecular weight is 247 g/mol. The van der Waals surface area contributed by atoms with Crippen LogP contribution in [-0.2, 0) is 9.59 Å². The fourth-order valence-corrected chi connectivity index (χ4v) is 1.63. The van der Waals surface area contributed by atoms with E-state index in [-0.39, 0.29) is 17.1 Å². The second-order valence-electron chi connectivity index (χ2n) is 3.80. The van der Waals surface area contributed by atoms with E-state index < -0.39 is 5.97 Å². The van der Waals surface area contributed by atoms with Crippen LogP contribution < -0.4 is 0 Å². The molecule has 1 N–H and O–H groups in total. The maximum atomic E-state index is 10.9. The quantitative estimate of drug-likeness (QED) is 0.528. The van der Waals surface area contributed by atoms with Gasteiger partial charge >= 0.3 is 5.97 Å². The average Bonchev–Trinajstić information content (AvgIpc) is 2.22. The van der Waals surface area contributed by atoms with Crippen LogP contribution in [0.4, 0.5) is 0 Å². The first-order chi connectivity index (χ1) is 7.52. The molecule has 0 amide bonds. The monoisotopic (exact) mass is 246 g/mol. The largest absolute Gasteiger partial charge is 0.481 e. The molecule has 0 spiro atoms. The van der Waals surface area contributed by atoms with Crippen LogP contribution in [0.5, 0.6) is 0 Å². The van der Waals surface area contributed by atoms with E-state index in [1.54, 1.807) is 0 Å². The predicted octanol–water partition coefficient (Wildman–Crippen LogP) is 3.23. The smallest absolute Gasteiger partial charge is 0.306 e. The zero-order valence-corrected chi connectivity index (χ0v) is 10.5. The second kappa shape index (κ2) is 8.34. The van der Waals surface area contributed by atoms with Gasteiger partial charge in [0.1, 0.15) is 0 Å². The van der Waals surface area contributed by atoms with Crippen molar-refractivity contribution < 1.29 is 14.7 Å². The Balaban J connectivity index is 4.01. The van der Waals surface area contributed by atoms with Crippen molar-refractivity contribution in [2.75, 3.05) is 0 Å². The summed E-state index contributed by atoms with van der Waals surface area (Å²) in [6.45, 7) is 3.76. The van der Waals surface area contributed by atoms with Crippen molar-refractivity contribution in [1.29, 1.82) is 0 Å². The van der Waals surface area contributed by atoms with Crippen molar-refractivity contribution in [3.05, 3.63) is 12.2 Å². The number of carboxylic acids is 1. The van der Waals surface area contributed by atoms with E-state index >= 15 is 0 Å². The van der Waals surface area contributed by atoms with E-state index in [2.05, 4.69) is 0 Å². The Labute approximate surface area is 101 Å². The van der Waals surface area contributed by atoms with Gasteiger partial charge in [0.15, 0.2) is 0 Å². The fourth-order valence-electron chi connectivity index (χ4n) is 1.38. The van der Waals surface area contributed by atoms with Gasteiger partial charge in [0.25, 0.3) is 0 Å². The maximum absolute atomic E-state index is 10.9. The molecule has 0 bridgehead atoms. The molecule has 0 saturated carbocycles. The van der Waals surface area contributed by atoms with Crippen LogP contribution in [0.15, 0.2) is 12.2 Å². The standard InChI is InChI=1S/C12H19ClO3/c1-3-9(11(13)14)7-5-6-8-10(4-2)12(15)16/h5-6,9-10H,3-4,7-8H2,1-2H3,(H,15,16). The number of aliphatic carboxylic acids is 1. The van der Waals surface area contributed by atoms with Gasteiger partial charge in [-0.25, -0.2) is 0 Å². The Kier molecular flexibility index (Phi) is 7.90. The lowest BCUT2D eigenvalue weighted by molar-refractivity contribution is -0.141. The summed E-state index contributed by atoms with van der Waals surface area (Å²) in [5.74, 6) is -1.25. The van der Waals surface area contributed by atoms with Gasteiger partial charge in [0.2, 0.25) is 5.24 Å². The number of allylic oxidation sites excluding steroid dienone is 2. The summed E-state index contributed by atoms with van der Waals surface area (Å²) in [5.41, 5.74) is 0. The van der Waals surface area contributed by atoms with Crippen molar-refractivity contribution in [2.45, 2.75) is 39.5 Å². The molecule has 2 unspecified atom stereocenters. The van der Waals surface area contributed by atoms with E-state index in [4.69, 9.17) is 16.7 Å². The van der Waals surface area contributed by atoms with E-state index in [0.717, 1.165) is 0 Å². The van der Waals surface area contributed by atoms with Crippen molar-refractivity contribution in [3.8, 4) is 0 Å². The molecule has 0 aliphatic heterocycles. The summed E-state index contributed by atoms with van der Waals surface area (Å²) < 4.78 is 0. The summed E-state index contributed by atoms with van der Waals surface area (Å²) in [4.78, 5) is 21.6. The number of hydrogen-bond acceptors (Lipinski definition) is 2. The first-order valence-electron chi connectivity index (χ1n) is 5.60. The Morgan fingerprint density at radius 1 is 1.12 bits per heavy atom. The van der Waals surface area contributed by atoms with Crippen molar-refractivity contribution >= 4 is 22.8 Å². The number of carbonyl (C=O) groups excluding carboxylic acids is 1. The highest BCUT2D eigenvalue weighted by Crippen LogP contribution is 2.14. The minimum Gasteiger partial charge on any atom is -0.481 e. The molecule has 16 heavy (non-hydrogen) atoms. The Hall–Kier alpha value is -0.830. The number of hydrogen-bond donors (Lipinski definition) is 1. The van der Waals surface area contributed by atoms with Crippen LogP contribution in [-0.4, -0.2) is 16.3 Å². The zero-order valence-electron chi connectivity index (χ0n) is 9.78. The minimum absolute atomic E-state index is 0.150. The normalized spacial score (nSPS) is 14.9. The lowest BCUT2D eigenvalue weighted by Crippen LogP contribution is -2.11. The lowest BCUT2D eigenvalue weighted by Gasteiger charge is -2.07. The van der Waals surface area contributed by atoms with Gasteiger partial charge in [0, 0.05) is 5.92 Å². The molecule has 0 aromatic carbocycles. The summed E-state index contributed by atoms with van der Waals surface area (Å²) in [6, 6.07) is 0. The van der Waals surface area contributed by atoms with Gasteiger partial charge in [-0.1, -0.05) is 26.0 Å².